The number of phenolic OH excluding ortho intramolecular Hbond substituents is 1. The Hall–Kier alpha value is -2.51. The summed E-state index contributed by atoms with van der Waals surface area (Å²) < 4.78 is 82.5. The Morgan fingerprint density at radius 2 is 1.12 bits per heavy atom. The molecule has 0 aliphatic rings. The highest BCUT2D eigenvalue weighted by Crippen LogP contribution is 2.56. The zero-order valence-corrected chi connectivity index (χ0v) is 12.7. The first-order valence-corrected chi connectivity index (χ1v) is 6.95. The van der Waals surface area contributed by atoms with Crippen LogP contribution in [0.15, 0.2) is 48.5 Å². The van der Waals surface area contributed by atoms with Gasteiger partial charge in [0, 0.05) is 5.56 Å². The van der Waals surface area contributed by atoms with Gasteiger partial charge in [-0.3, -0.25) is 4.79 Å². The lowest BCUT2D eigenvalue weighted by Gasteiger charge is -2.38. The van der Waals surface area contributed by atoms with Crippen molar-refractivity contribution in [3.63, 3.8) is 0 Å². The van der Waals surface area contributed by atoms with E-state index in [-0.39, 0.29) is 5.56 Å². The summed E-state index contributed by atoms with van der Waals surface area (Å²) in [6, 6.07) is 5.80. The summed E-state index contributed by atoms with van der Waals surface area (Å²) in [4.78, 5) is 11.2. The number of alkyl halides is 6. The van der Waals surface area contributed by atoms with Crippen molar-refractivity contribution in [2.75, 3.05) is 0 Å². The van der Waals surface area contributed by atoms with Crippen LogP contribution < -0.4 is 0 Å². The maximum Gasteiger partial charge on any atom is 0.411 e. The van der Waals surface area contributed by atoms with E-state index in [4.69, 9.17) is 0 Å². The second-order valence-corrected chi connectivity index (χ2v) is 5.43. The van der Waals surface area contributed by atoms with Crippen LogP contribution in [0.25, 0.3) is 0 Å². The van der Waals surface area contributed by atoms with Crippen molar-refractivity contribution >= 4 is 5.78 Å². The Balaban J connectivity index is 2.83. The maximum absolute atomic E-state index is 13.8. The van der Waals surface area contributed by atoms with Crippen LogP contribution in [0, 0.1) is 0 Å². The van der Waals surface area contributed by atoms with Crippen molar-refractivity contribution in [1.82, 2.24) is 0 Å². The summed E-state index contributed by atoms with van der Waals surface area (Å²) in [5, 5.41) is 9.20. The van der Waals surface area contributed by atoms with Gasteiger partial charge in [0.2, 0.25) is 5.41 Å². The second-order valence-electron chi connectivity index (χ2n) is 5.43. The first-order valence-electron chi connectivity index (χ1n) is 6.95. The number of phenols is 1. The third kappa shape index (κ3) is 3.08. The van der Waals surface area contributed by atoms with E-state index in [1.165, 1.54) is 0 Å². The molecule has 0 aliphatic carbocycles. The van der Waals surface area contributed by atoms with Gasteiger partial charge in [-0.1, -0.05) is 36.4 Å². The molecule has 1 N–H and O–H groups in total. The van der Waals surface area contributed by atoms with Crippen molar-refractivity contribution in [1.29, 1.82) is 0 Å². The SMILES string of the molecule is CC(=O)c1ccc(C(c2ccc(O)cc2)(C(F)(F)F)C(F)(F)F)cc1. The molecule has 25 heavy (non-hydrogen) atoms. The minimum absolute atomic E-state index is 0.00675. The standard InChI is InChI=1S/C17H12F6O2/c1-10(24)11-2-4-12(5-3-11)15(16(18,19)20,17(21,22)23)13-6-8-14(25)9-7-13/h2-9,25H,1H3. The first-order chi connectivity index (χ1) is 11.4. The number of Topliss-reactive ketones (excluding diaryl/α,β-unsaturated/α-hetero) is 1. The minimum Gasteiger partial charge on any atom is -0.508 e. The van der Waals surface area contributed by atoms with Gasteiger partial charge in [-0.25, -0.2) is 0 Å². The van der Waals surface area contributed by atoms with Crippen molar-refractivity contribution in [2.45, 2.75) is 24.7 Å². The van der Waals surface area contributed by atoms with Gasteiger partial charge in [0.15, 0.2) is 5.78 Å². The Labute approximate surface area is 138 Å². The van der Waals surface area contributed by atoms with E-state index in [0.29, 0.717) is 24.3 Å². The molecule has 0 unspecified atom stereocenters. The number of aromatic hydroxyl groups is 1. The fourth-order valence-electron chi connectivity index (χ4n) is 2.65. The third-order valence-corrected chi connectivity index (χ3v) is 3.88. The molecule has 0 aromatic heterocycles. The van der Waals surface area contributed by atoms with Crippen molar-refractivity contribution < 1.29 is 36.2 Å². The van der Waals surface area contributed by atoms with E-state index < -0.39 is 40.4 Å². The highest BCUT2D eigenvalue weighted by molar-refractivity contribution is 5.94. The first kappa shape index (κ1) is 18.8. The molecule has 134 valence electrons. The topological polar surface area (TPSA) is 37.3 Å². The van der Waals surface area contributed by atoms with Crippen LogP contribution in [0.3, 0.4) is 0 Å². The second kappa shape index (κ2) is 6.09. The van der Waals surface area contributed by atoms with Gasteiger partial charge in [-0.15, -0.1) is 0 Å². The van der Waals surface area contributed by atoms with E-state index in [1.807, 2.05) is 0 Å². The molecule has 0 aliphatic heterocycles. The quantitative estimate of drug-likeness (QED) is 0.616. The number of carbonyl (C=O) groups is 1. The van der Waals surface area contributed by atoms with Crippen LogP contribution in [0.5, 0.6) is 5.75 Å². The number of benzene rings is 2. The highest BCUT2D eigenvalue weighted by atomic mass is 19.4. The summed E-state index contributed by atoms with van der Waals surface area (Å²) in [7, 11) is 0. The predicted molar refractivity (Wildman–Crippen MR) is 77.4 cm³/mol. The van der Waals surface area contributed by atoms with Crippen molar-refractivity contribution in [3.8, 4) is 5.75 Å². The molecule has 2 nitrogen and oxygen atoms in total. The van der Waals surface area contributed by atoms with E-state index in [2.05, 4.69) is 0 Å². The predicted octanol–water partition coefficient (Wildman–Crippen LogP) is 5.01. The number of hydrogen-bond acceptors (Lipinski definition) is 2. The van der Waals surface area contributed by atoms with Crippen LogP contribution in [0.4, 0.5) is 26.3 Å². The van der Waals surface area contributed by atoms with Crippen LogP contribution in [-0.2, 0) is 5.41 Å². The average Bonchev–Trinajstić information content (AvgIpc) is 2.47. The molecule has 2 aromatic rings. The molecule has 2 rings (SSSR count). The lowest BCUT2D eigenvalue weighted by Crippen LogP contribution is -2.54. The number of rotatable bonds is 3. The Morgan fingerprint density at radius 3 is 1.44 bits per heavy atom. The van der Waals surface area contributed by atoms with E-state index in [0.717, 1.165) is 31.2 Å². The summed E-state index contributed by atoms with van der Waals surface area (Å²) in [5.74, 6) is -0.949. The van der Waals surface area contributed by atoms with Gasteiger partial charge in [-0.05, 0) is 30.2 Å². The van der Waals surface area contributed by atoms with E-state index in [1.54, 1.807) is 0 Å². The molecule has 0 bridgehead atoms. The molecular formula is C17H12F6O2. The summed E-state index contributed by atoms with van der Waals surface area (Å²) in [5.41, 5.74) is -6.44. The van der Waals surface area contributed by atoms with E-state index >= 15 is 0 Å². The summed E-state index contributed by atoms with van der Waals surface area (Å²) in [6.07, 6.45) is -11.4. The normalized spacial score (nSPS) is 12.9. The van der Waals surface area contributed by atoms with Gasteiger partial charge in [-0.2, -0.15) is 26.3 Å². The Bertz CT molecular complexity index is 744. The van der Waals surface area contributed by atoms with Crippen LogP contribution in [-0.4, -0.2) is 23.2 Å². The summed E-state index contributed by atoms with van der Waals surface area (Å²) >= 11 is 0. The van der Waals surface area contributed by atoms with Gasteiger partial charge >= 0.3 is 12.4 Å². The van der Waals surface area contributed by atoms with Gasteiger partial charge in [0.1, 0.15) is 5.75 Å². The number of halogens is 6. The van der Waals surface area contributed by atoms with Gasteiger partial charge < -0.3 is 5.11 Å². The minimum atomic E-state index is -5.71. The third-order valence-electron chi connectivity index (χ3n) is 3.88. The maximum atomic E-state index is 13.8. The summed E-state index contributed by atoms with van der Waals surface area (Å²) in [6.45, 7) is 1.15. The van der Waals surface area contributed by atoms with E-state index in [9.17, 15) is 36.2 Å². The molecule has 0 fully saturated rings. The number of ketones is 1. The zero-order valence-electron chi connectivity index (χ0n) is 12.7. The monoisotopic (exact) mass is 362 g/mol. The highest BCUT2D eigenvalue weighted by Gasteiger charge is 2.72. The fourth-order valence-corrected chi connectivity index (χ4v) is 2.65. The zero-order chi connectivity index (χ0) is 19.0. The van der Waals surface area contributed by atoms with Gasteiger partial charge in [0.25, 0.3) is 0 Å². The lowest BCUT2D eigenvalue weighted by atomic mass is 9.72. The fraction of sp³-hybridized carbons (Fsp3) is 0.235. The molecule has 0 atom stereocenters. The van der Waals surface area contributed by atoms with Crippen molar-refractivity contribution in [2.24, 2.45) is 0 Å². The lowest BCUT2D eigenvalue weighted by molar-refractivity contribution is -0.288. The van der Waals surface area contributed by atoms with Crippen LogP contribution >= 0.6 is 0 Å². The largest absolute Gasteiger partial charge is 0.508 e. The molecule has 0 amide bonds. The molecule has 0 radical (unpaired) electrons. The molecule has 0 spiro atoms. The Kier molecular flexibility index (Phi) is 4.59. The number of carbonyl (C=O) groups excluding carboxylic acids is 1. The molecule has 0 saturated carbocycles. The van der Waals surface area contributed by atoms with Crippen LogP contribution in [0.1, 0.15) is 28.4 Å². The molecule has 8 heteroatoms. The smallest absolute Gasteiger partial charge is 0.411 e. The molecule has 2 aromatic carbocycles. The number of hydrogen-bond donors (Lipinski definition) is 1. The van der Waals surface area contributed by atoms with Crippen molar-refractivity contribution in [3.05, 3.63) is 65.2 Å². The van der Waals surface area contributed by atoms with Gasteiger partial charge in [0.05, 0.1) is 0 Å². The van der Waals surface area contributed by atoms with Crippen LogP contribution in [0.2, 0.25) is 0 Å². The molecular weight excluding hydrogens is 350 g/mol. The Morgan fingerprint density at radius 1 is 0.760 bits per heavy atom. The molecule has 0 saturated heterocycles. The average molecular weight is 362 g/mol. The molecule has 0 heterocycles.